The summed E-state index contributed by atoms with van der Waals surface area (Å²) < 4.78 is 2.16. The van der Waals surface area contributed by atoms with E-state index in [0.717, 1.165) is 66.9 Å². The molecule has 2 aliphatic heterocycles. The van der Waals surface area contributed by atoms with Gasteiger partial charge in [0.25, 0.3) is 5.91 Å². The quantitative estimate of drug-likeness (QED) is 0.471. The van der Waals surface area contributed by atoms with Gasteiger partial charge in [0.15, 0.2) is 0 Å². The van der Waals surface area contributed by atoms with E-state index in [2.05, 4.69) is 45.4 Å². The molecule has 8 heteroatoms. The van der Waals surface area contributed by atoms with Gasteiger partial charge in [-0.2, -0.15) is 0 Å². The molecule has 0 bridgehead atoms. The molecular formula is C30H38N6O2. The van der Waals surface area contributed by atoms with Gasteiger partial charge < -0.3 is 9.47 Å². The first-order valence-corrected chi connectivity index (χ1v) is 13.7. The molecule has 0 spiro atoms. The van der Waals surface area contributed by atoms with Crippen LogP contribution >= 0.6 is 0 Å². The minimum absolute atomic E-state index is 0.00857. The minimum Gasteiger partial charge on any atom is -0.337 e. The number of benzene rings is 1. The number of carbonyl (C=O) groups is 2. The van der Waals surface area contributed by atoms with Gasteiger partial charge in [-0.05, 0) is 101 Å². The summed E-state index contributed by atoms with van der Waals surface area (Å²) in [5.74, 6) is 0.258. The number of hydrogen-bond donors (Lipinski definition) is 1. The highest BCUT2D eigenvalue weighted by Crippen LogP contribution is 2.33. The third-order valence-electron chi connectivity index (χ3n) is 7.71. The van der Waals surface area contributed by atoms with Crippen LogP contribution in [0.2, 0.25) is 0 Å². The highest BCUT2D eigenvalue weighted by molar-refractivity contribution is 6.04. The molecule has 2 amide bonds. The van der Waals surface area contributed by atoms with Crippen molar-refractivity contribution in [3.8, 4) is 0 Å². The molecule has 3 aromatic rings. The molecule has 200 valence electrons. The maximum Gasteiger partial charge on any atom is 0.258 e. The molecule has 38 heavy (non-hydrogen) atoms. The molecule has 1 aromatic carbocycles. The van der Waals surface area contributed by atoms with Crippen molar-refractivity contribution in [2.24, 2.45) is 0 Å². The summed E-state index contributed by atoms with van der Waals surface area (Å²) in [4.78, 5) is 39.8. The fourth-order valence-corrected chi connectivity index (χ4v) is 6.04. The number of fused-ring (bicyclic) bond motifs is 1. The Bertz CT molecular complexity index is 1350. The predicted octanol–water partition coefficient (Wildman–Crippen LogP) is 4.94. The number of aromatic nitrogens is 3. The van der Waals surface area contributed by atoms with Crippen molar-refractivity contribution in [3.05, 3.63) is 65.0 Å². The Morgan fingerprint density at radius 3 is 2.42 bits per heavy atom. The van der Waals surface area contributed by atoms with Gasteiger partial charge in [-0.15, -0.1) is 0 Å². The Hall–Kier alpha value is -3.52. The Kier molecular flexibility index (Phi) is 7.61. The number of hydrogen-bond acceptors (Lipinski definition) is 5. The summed E-state index contributed by atoms with van der Waals surface area (Å²) in [7, 11) is 0. The molecule has 8 nitrogen and oxygen atoms in total. The Morgan fingerprint density at radius 1 is 1.00 bits per heavy atom. The maximum absolute atomic E-state index is 13.4. The van der Waals surface area contributed by atoms with Crippen LogP contribution in [-0.2, 0) is 11.3 Å². The van der Waals surface area contributed by atoms with Gasteiger partial charge in [0, 0.05) is 36.6 Å². The molecule has 0 saturated carbocycles. The second kappa shape index (κ2) is 11.1. The van der Waals surface area contributed by atoms with Gasteiger partial charge in [-0.3, -0.25) is 24.8 Å². The average molecular weight is 515 g/mol. The van der Waals surface area contributed by atoms with E-state index in [9.17, 15) is 9.59 Å². The number of pyridine rings is 1. The lowest BCUT2D eigenvalue weighted by molar-refractivity contribution is -0.126. The predicted molar refractivity (Wildman–Crippen MR) is 150 cm³/mol. The number of imidazole rings is 1. The van der Waals surface area contributed by atoms with Gasteiger partial charge in [0.2, 0.25) is 11.9 Å². The molecule has 2 fully saturated rings. The van der Waals surface area contributed by atoms with Gasteiger partial charge >= 0.3 is 0 Å². The standard InChI is InChI=1S/C30H38N6O2/c1-5-27(37)35-13-7-6-10-25(19-35)36-28-20(2)14-23(18-34-11-8-9-12-34)17-26(28)32-30(36)33-29(38)24-15-21(3)31-22(4)16-24/h5,14-17,25H,1,6-13,18-19H2,2-4H3,(H,32,33,38)/t25-/m1/s1. The topological polar surface area (TPSA) is 83.4 Å². The zero-order valence-electron chi connectivity index (χ0n) is 22.8. The van der Waals surface area contributed by atoms with Crippen LogP contribution in [0.25, 0.3) is 11.0 Å². The highest BCUT2D eigenvalue weighted by atomic mass is 16.2. The maximum atomic E-state index is 13.4. The molecule has 0 aliphatic carbocycles. The second-order valence-electron chi connectivity index (χ2n) is 10.8. The van der Waals surface area contributed by atoms with Crippen molar-refractivity contribution in [3.63, 3.8) is 0 Å². The fraction of sp³-hybridized carbons (Fsp3) is 0.467. The van der Waals surface area contributed by atoms with Gasteiger partial charge in [-0.1, -0.05) is 12.6 Å². The van der Waals surface area contributed by atoms with E-state index in [4.69, 9.17) is 4.98 Å². The summed E-state index contributed by atoms with van der Waals surface area (Å²) in [5, 5.41) is 3.12. The van der Waals surface area contributed by atoms with Crippen LogP contribution in [0, 0.1) is 20.8 Å². The first-order chi connectivity index (χ1) is 18.3. The normalized spacial score (nSPS) is 18.5. The van der Waals surface area contributed by atoms with Crippen LogP contribution in [0.15, 0.2) is 36.9 Å². The molecule has 1 N–H and O–H groups in total. The van der Waals surface area contributed by atoms with Crippen LogP contribution < -0.4 is 5.32 Å². The number of carbonyl (C=O) groups excluding carboxylic acids is 2. The van der Waals surface area contributed by atoms with Crippen molar-refractivity contribution in [1.29, 1.82) is 0 Å². The smallest absolute Gasteiger partial charge is 0.258 e. The van der Waals surface area contributed by atoms with Crippen LogP contribution in [0.5, 0.6) is 0 Å². The fourth-order valence-electron chi connectivity index (χ4n) is 6.04. The van der Waals surface area contributed by atoms with Crippen molar-refractivity contribution in [1.82, 2.24) is 24.3 Å². The number of nitrogens with one attached hydrogen (secondary N) is 1. The molecule has 0 unspecified atom stereocenters. The van der Waals surface area contributed by atoms with E-state index in [0.29, 0.717) is 24.6 Å². The number of amides is 2. The van der Waals surface area contributed by atoms with Gasteiger partial charge in [0.05, 0.1) is 17.1 Å². The van der Waals surface area contributed by atoms with E-state index in [1.54, 1.807) is 12.1 Å². The summed E-state index contributed by atoms with van der Waals surface area (Å²) in [5.41, 5.74) is 6.43. The van der Waals surface area contributed by atoms with Crippen LogP contribution in [0.4, 0.5) is 5.95 Å². The van der Waals surface area contributed by atoms with E-state index in [1.165, 1.54) is 24.5 Å². The number of likely N-dealkylation sites (tertiary alicyclic amines) is 2. The van der Waals surface area contributed by atoms with E-state index in [-0.39, 0.29) is 17.9 Å². The van der Waals surface area contributed by atoms with Crippen molar-refractivity contribution >= 4 is 28.8 Å². The highest BCUT2D eigenvalue weighted by Gasteiger charge is 2.28. The lowest BCUT2D eigenvalue weighted by Crippen LogP contribution is -2.34. The van der Waals surface area contributed by atoms with Crippen LogP contribution in [0.3, 0.4) is 0 Å². The van der Waals surface area contributed by atoms with Gasteiger partial charge in [0.1, 0.15) is 0 Å². The number of aryl methyl sites for hydroxylation is 3. The summed E-state index contributed by atoms with van der Waals surface area (Å²) in [6.45, 7) is 14.0. The molecule has 1 atom stereocenters. The van der Waals surface area contributed by atoms with E-state index in [1.807, 2.05) is 18.7 Å². The number of nitrogens with zero attached hydrogens (tertiary/aromatic N) is 5. The van der Waals surface area contributed by atoms with Crippen molar-refractivity contribution < 1.29 is 9.59 Å². The van der Waals surface area contributed by atoms with Crippen LogP contribution in [0.1, 0.15) is 71.0 Å². The average Bonchev–Trinajstić information content (AvgIpc) is 3.44. The third-order valence-corrected chi connectivity index (χ3v) is 7.71. The molecular weight excluding hydrogens is 476 g/mol. The molecule has 2 aromatic heterocycles. The number of anilines is 1. The first kappa shape index (κ1) is 26.1. The zero-order chi connectivity index (χ0) is 26.8. The third kappa shape index (κ3) is 5.50. The second-order valence-corrected chi connectivity index (χ2v) is 10.8. The minimum atomic E-state index is -0.210. The first-order valence-electron chi connectivity index (χ1n) is 13.7. The van der Waals surface area contributed by atoms with E-state index >= 15 is 0 Å². The monoisotopic (exact) mass is 514 g/mol. The van der Waals surface area contributed by atoms with Crippen molar-refractivity contribution in [2.45, 2.75) is 65.5 Å². The Morgan fingerprint density at radius 2 is 1.71 bits per heavy atom. The van der Waals surface area contributed by atoms with Gasteiger partial charge in [-0.25, -0.2) is 4.98 Å². The molecule has 5 rings (SSSR count). The summed E-state index contributed by atoms with van der Waals surface area (Å²) in [6, 6.07) is 8.00. The Balaban J connectivity index is 1.57. The summed E-state index contributed by atoms with van der Waals surface area (Å²) in [6.07, 6.45) is 6.73. The largest absolute Gasteiger partial charge is 0.337 e. The lowest BCUT2D eigenvalue weighted by Gasteiger charge is -2.26. The lowest BCUT2D eigenvalue weighted by atomic mass is 10.1. The van der Waals surface area contributed by atoms with Crippen molar-refractivity contribution in [2.75, 3.05) is 31.5 Å². The Labute approximate surface area is 224 Å². The molecule has 0 radical (unpaired) electrons. The molecule has 2 saturated heterocycles. The molecule has 2 aliphatic rings. The zero-order valence-corrected chi connectivity index (χ0v) is 22.8. The van der Waals surface area contributed by atoms with E-state index < -0.39 is 0 Å². The number of rotatable bonds is 6. The SMILES string of the molecule is C=CC(=O)N1CCCC[C@@H](n2c(NC(=O)c3cc(C)nc(C)c3)nc3cc(CN4CCCC4)cc(C)c32)C1. The van der Waals surface area contributed by atoms with Crippen LogP contribution in [-0.4, -0.2) is 62.3 Å². The summed E-state index contributed by atoms with van der Waals surface area (Å²) >= 11 is 0. The molecule has 4 heterocycles.